The third kappa shape index (κ3) is 2.93. The van der Waals surface area contributed by atoms with Crippen molar-refractivity contribution in [3.8, 4) is 0 Å². The number of hydrogen-bond acceptors (Lipinski definition) is 2. The molecule has 0 saturated carbocycles. The summed E-state index contributed by atoms with van der Waals surface area (Å²) in [4.78, 5) is 14.5. The average molecular weight is 281 g/mol. The zero-order chi connectivity index (χ0) is 14.0. The minimum Gasteiger partial charge on any atom is -0.334 e. The lowest BCUT2D eigenvalue weighted by atomic mass is 9.92. The van der Waals surface area contributed by atoms with Crippen molar-refractivity contribution in [3.05, 3.63) is 34.3 Å². The van der Waals surface area contributed by atoms with Crippen molar-refractivity contribution in [1.82, 2.24) is 4.90 Å². The highest BCUT2D eigenvalue weighted by Crippen LogP contribution is 2.27. The van der Waals surface area contributed by atoms with Crippen LogP contribution in [0, 0.1) is 12.8 Å². The lowest BCUT2D eigenvalue weighted by molar-refractivity contribution is 0.0574. The van der Waals surface area contributed by atoms with Gasteiger partial charge in [-0.1, -0.05) is 30.7 Å². The first-order chi connectivity index (χ1) is 9.04. The summed E-state index contributed by atoms with van der Waals surface area (Å²) < 4.78 is 0. The van der Waals surface area contributed by atoms with Gasteiger partial charge in [-0.15, -0.1) is 0 Å². The Balaban J connectivity index is 2.25. The van der Waals surface area contributed by atoms with Crippen LogP contribution >= 0.6 is 11.6 Å². The molecule has 0 radical (unpaired) electrons. The number of carbonyl (C=O) groups is 1. The van der Waals surface area contributed by atoms with Crippen molar-refractivity contribution in [2.45, 2.75) is 32.7 Å². The van der Waals surface area contributed by atoms with E-state index in [9.17, 15) is 4.79 Å². The van der Waals surface area contributed by atoms with E-state index in [2.05, 4.69) is 6.92 Å². The normalized spacial score (nSPS) is 23.5. The summed E-state index contributed by atoms with van der Waals surface area (Å²) in [5.41, 5.74) is 7.34. The molecule has 4 heteroatoms. The Kier molecular flexibility index (Phi) is 4.48. The second-order valence-corrected chi connectivity index (χ2v) is 5.83. The van der Waals surface area contributed by atoms with E-state index in [1.165, 1.54) is 0 Å². The van der Waals surface area contributed by atoms with Crippen LogP contribution in [0.3, 0.4) is 0 Å². The van der Waals surface area contributed by atoms with Crippen LogP contribution in [0.5, 0.6) is 0 Å². The lowest BCUT2D eigenvalue weighted by Gasteiger charge is -2.38. The van der Waals surface area contributed by atoms with E-state index >= 15 is 0 Å². The first kappa shape index (κ1) is 14.4. The minimum atomic E-state index is 0.0102. The average Bonchev–Trinajstić information content (AvgIpc) is 2.41. The third-order valence-corrected chi connectivity index (χ3v) is 4.43. The van der Waals surface area contributed by atoms with Gasteiger partial charge in [-0.2, -0.15) is 0 Å². The fourth-order valence-corrected chi connectivity index (χ4v) is 2.92. The maximum Gasteiger partial charge on any atom is 0.255 e. The number of rotatable bonds is 2. The van der Waals surface area contributed by atoms with Crippen LogP contribution in [-0.2, 0) is 0 Å². The monoisotopic (exact) mass is 280 g/mol. The van der Waals surface area contributed by atoms with Crippen LogP contribution in [0.15, 0.2) is 18.2 Å². The van der Waals surface area contributed by atoms with E-state index < -0.39 is 0 Å². The van der Waals surface area contributed by atoms with Gasteiger partial charge in [-0.05, 0) is 37.3 Å². The molecule has 1 aromatic rings. The Morgan fingerprint density at radius 2 is 2.26 bits per heavy atom. The van der Waals surface area contributed by atoms with Crippen LogP contribution < -0.4 is 5.73 Å². The largest absolute Gasteiger partial charge is 0.334 e. The Hall–Kier alpha value is -1.06. The van der Waals surface area contributed by atoms with Gasteiger partial charge in [-0.25, -0.2) is 0 Å². The number of benzene rings is 1. The molecule has 2 atom stereocenters. The number of amides is 1. The molecule has 2 N–H and O–H groups in total. The molecule has 1 saturated heterocycles. The highest BCUT2D eigenvalue weighted by atomic mass is 35.5. The van der Waals surface area contributed by atoms with Crippen LogP contribution in [0.25, 0.3) is 0 Å². The quantitative estimate of drug-likeness (QED) is 0.905. The van der Waals surface area contributed by atoms with E-state index in [4.69, 9.17) is 17.3 Å². The van der Waals surface area contributed by atoms with Gasteiger partial charge in [0.1, 0.15) is 0 Å². The molecule has 1 aliphatic rings. The molecule has 3 nitrogen and oxygen atoms in total. The summed E-state index contributed by atoms with van der Waals surface area (Å²) in [6, 6.07) is 5.72. The molecule has 2 rings (SSSR count). The van der Waals surface area contributed by atoms with E-state index in [1.54, 1.807) is 6.07 Å². The fourth-order valence-electron chi connectivity index (χ4n) is 2.71. The molecule has 104 valence electrons. The molecule has 0 bridgehead atoms. The minimum absolute atomic E-state index is 0.0102. The Labute approximate surface area is 119 Å². The van der Waals surface area contributed by atoms with Crippen molar-refractivity contribution in [2.24, 2.45) is 11.7 Å². The van der Waals surface area contributed by atoms with Gasteiger partial charge < -0.3 is 10.6 Å². The van der Waals surface area contributed by atoms with Gasteiger partial charge in [-0.3, -0.25) is 4.79 Å². The molecular formula is C15H21ClN2O. The van der Waals surface area contributed by atoms with Gasteiger partial charge in [0, 0.05) is 19.1 Å². The van der Waals surface area contributed by atoms with E-state index in [0.29, 0.717) is 23.0 Å². The molecule has 0 aliphatic carbocycles. The molecule has 0 aromatic heterocycles. The Morgan fingerprint density at radius 3 is 2.95 bits per heavy atom. The molecule has 1 heterocycles. The summed E-state index contributed by atoms with van der Waals surface area (Å²) in [5, 5.41) is 0.557. The maximum atomic E-state index is 12.6. The molecule has 1 aliphatic heterocycles. The molecule has 1 amide bonds. The first-order valence-electron chi connectivity index (χ1n) is 6.80. The molecule has 2 unspecified atom stereocenters. The second-order valence-electron chi connectivity index (χ2n) is 5.45. The van der Waals surface area contributed by atoms with Crippen molar-refractivity contribution in [1.29, 1.82) is 0 Å². The van der Waals surface area contributed by atoms with Gasteiger partial charge in [0.2, 0.25) is 0 Å². The molecular weight excluding hydrogens is 260 g/mol. The van der Waals surface area contributed by atoms with E-state index in [-0.39, 0.29) is 11.9 Å². The third-order valence-electron chi connectivity index (χ3n) is 3.93. The van der Waals surface area contributed by atoms with E-state index in [1.807, 2.05) is 24.0 Å². The van der Waals surface area contributed by atoms with Crippen LogP contribution in [0.2, 0.25) is 5.02 Å². The first-order valence-corrected chi connectivity index (χ1v) is 7.18. The number of halogens is 1. The summed E-state index contributed by atoms with van der Waals surface area (Å²) in [6.07, 6.45) is 2.01. The van der Waals surface area contributed by atoms with Gasteiger partial charge >= 0.3 is 0 Å². The molecule has 0 spiro atoms. The summed E-state index contributed by atoms with van der Waals surface area (Å²) in [5.74, 6) is 0.640. The van der Waals surface area contributed by atoms with Crippen LogP contribution in [0.4, 0.5) is 0 Å². The predicted molar refractivity (Wildman–Crippen MR) is 78.5 cm³/mol. The zero-order valence-corrected chi connectivity index (χ0v) is 12.3. The zero-order valence-electron chi connectivity index (χ0n) is 11.5. The van der Waals surface area contributed by atoms with Crippen molar-refractivity contribution in [2.75, 3.05) is 13.1 Å². The smallest absolute Gasteiger partial charge is 0.255 e. The number of nitrogens with two attached hydrogens (primary N) is 1. The Bertz CT molecular complexity index is 475. The second kappa shape index (κ2) is 5.93. The van der Waals surface area contributed by atoms with Crippen molar-refractivity contribution >= 4 is 17.5 Å². The standard InChI is InChI=1S/C15H21ClN2O/c1-10-6-7-18(12(8-10)9-17)15(19)13-5-3-4-11(2)14(13)16/h3-5,10,12H,6-9,17H2,1-2H3. The van der Waals surface area contributed by atoms with Crippen molar-refractivity contribution < 1.29 is 4.79 Å². The molecule has 1 aromatic carbocycles. The number of likely N-dealkylation sites (tertiary alicyclic amines) is 1. The van der Waals surface area contributed by atoms with Gasteiger partial charge in [0.25, 0.3) is 5.91 Å². The predicted octanol–water partition coefficient (Wildman–Crippen LogP) is 2.85. The number of aryl methyl sites for hydroxylation is 1. The molecule has 19 heavy (non-hydrogen) atoms. The lowest BCUT2D eigenvalue weighted by Crippen LogP contribution is -2.49. The Morgan fingerprint density at radius 1 is 1.53 bits per heavy atom. The number of carbonyl (C=O) groups excluding carboxylic acids is 1. The van der Waals surface area contributed by atoms with Gasteiger partial charge in [0.05, 0.1) is 10.6 Å². The van der Waals surface area contributed by atoms with Crippen LogP contribution in [-0.4, -0.2) is 29.9 Å². The summed E-state index contributed by atoms with van der Waals surface area (Å²) in [6.45, 7) is 5.41. The highest BCUT2D eigenvalue weighted by molar-refractivity contribution is 6.34. The van der Waals surface area contributed by atoms with Gasteiger partial charge in [0.15, 0.2) is 0 Å². The number of nitrogens with zero attached hydrogens (tertiary/aromatic N) is 1. The number of piperidine rings is 1. The van der Waals surface area contributed by atoms with E-state index in [0.717, 1.165) is 24.9 Å². The summed E-state index contributed by atoms with van der Waals surface area (Å²) >= 11 is 6.25. The summed E-state index contributed by atoms with van der Waals surface area (Å²) in [7, 11) is 0. The SMILES string of the molecule is Cc1cccc(C(=O)N2CCC(C)CC2CN)c1Cl. The topological polar surface area (TPSA) is 46.3 Å². The van der Waals surface area contributed by atoms with Crippen molar-refractivity contribution in [3.63, 3.8) is 0 Å². The molecule has 1 fully saturated rings. The number of hydrogen-bond donors (Lipinski definition) is 1. The highest BCUT2D eigenvalue weighted by Gasteiger charge is 2.30. The fraction of sp³-hybridized carbons (Fsp3) is 0.533. The maximum absolute atomic E-state index is 12.6. The van der Waals surface area contributed by atoms with Crippen LogP contribution in [0.1, 0.15) is 35.7 Å².